The first kappa shape index (κ1) is 16.1. The van der Waals surface area contributed by atoms with Gasteiger partial charge in [-0.2, -0.15) is 5.10 Å². The van der Waals surface area contributed by atoms with Crippen molar-refractivity contribution in [3.63, 3.8) is 0 Å². The fourth-order valence-corrected chi connectivity index (χ4v) is 7.65. The lowest BCUT2D eigenvalue weighted by Crippen LogP contribution is -2.54. The average Bonchev–Trinajstić information content (AvgIpc) is 3.02. The molecule has 0 radical (unpaired) electrons. The van der Waals surface area contributed by atoms with Gasteiger partial charge in [-0.3, -0.25) is 9.48 Å². The van der Waals surface area contributed by atoms with Crippen molar-refractivity contribution >= 4 is 5.78 Å². The van der Waals surface area contributed by atoms with Crippen molar-refractivity contribution in [2.24, 2.45) is 41.5 Å². The molecule has 0 aromatic carbocycles. The number of rotatable bonds is 0. The molecule has 0 spiro atoms. The van der Waals surface area contributed by atoms with Crippen LogP contribution in [0.2, 0.25) is 0 Å². The average molecular weight is 341 g/mol. The second-order valence-electron chi connectivity index (χ2n) is 10.1. The molecule has 3 heteroatoms. The number of aromatic nitrogens is 2. The maximum atomic E-state index is 12.6. The molecule has 25 heavy (non-hydrogen) atoms. The Kier molecular flexibility index (Phi) is 3.21. The molecule has 4 aliphatic rings. The number of carbonyl (C=O) groups excluding carboxylic acids is 1. The summed E-state index contributed by atoms with van der Waals surface area (Å²) < 4.78 is 2.09. The zero-order valence-electron chi connectivity index (χ0n) is 16.3. The molecule has 0 unspecified atom stereocenters. The molecule has 1 aromatic rings. The molecule has 6 atom stereocenters. The predicted molar refractivity (Wildman–Crippen MR) is 98.2 cm³/mol. The van der Waals surface area contributed by atoms with Gasteiger partial charge in [0.15, 0.2) is 0 Å². The Balaban J connectivity index is 1.52. The minimum absolute atomic E-state index is 0.00834. The van der Waals surface area contributed by atoms with Crippen LogP contribution >= 0.6 is 0 Å². The van der Waals surface area contributed by atoms with Gasteiger partial charge in [0.05, 0.1) is 5.69 Å². The van der Waals surface area contributed by atoms with Gasteiger partial charge in [0.25, 0.3) is 0 Å². The first-order chi connectivity index (χ1) is 11.8. The monoisotopic (exact) mass is 340 g/mol. The highest BCUT2D eigenvalue weighted by atomic mass is 16.1. The van der Waals surface area contributed by atoms with Crippen LogP contribution in [0.1, 0.15) is 69.3 Å². The van der Waals surface area contributed by atoms with Crippen LogP contribution in [0, 0.1) is 41.4 Å². The minimum atomic E-state index is 0.00834. The Labute approximate surface area is 151 Å². The normalized spacial score (nSPS) is 45.5. The van der Waals surface area contributed by atoms with Crippen LogP contribution in [0.3, 0.4) is 0 Å². The lowest BCUT2D eigenvalue weighted by Gasteiger charge is -2.59. The maximum absolute atomic E-state index is 12.6. The summed E-state index contributed by atoms with van der Waals surface area (Å²) in [5.74, 6) is 3.61. The Hall–Kier alpha value is -1.12. The molecule has 136 valence electrons. The van der Waals surface area contributed by atoms with E-state index in [1.54, 1.807) is 0 Å². The first-order valence-electron chi connectivity index (χ1n) is 10.4. The van der Waals surface area contributed by atoms with Crippen molar-refractivity contribution in [3.8, 4) is 0 Å². The van der Waals surface area contributed by atoms with E-state index in [0.717, 1.165) is 37.0 Å². The number of aryl methyl sites for hydroxylation is 1. The zero-order chi connectivity index (χ0) is 17.6. The molecular weight excluding hydrogens is 308 g/mol. The Morgan fingerprint density at radius 3 is 2.72 bits per heavy atom. The van der Waals surface area contributed by atoms with E-state index in [2.05, 4.69) is 32.5 Å². The summed E-state index contributed by atoms with van der Waals surface area (Å²) in [7, 11) is 2.10. The van der Waals surface area contributed by atoms with Gasteiger partial charge in [0.1, 0.15) is 5.78 Å². The Morgan fingerprint density at radius 1 is 1.12 bits per heavy atom. The zero-order valence-corrected chi connectivity index (χ0v) is 16.3. The SMILES string of the molecule is Cc1c2c(nn1C)C[C@@H]1CC[C@@H]3[C@H](CC[C@]4(C)C(=O)CC[C@@H]34)[C@@]1(C)C2. The van der Waals surface area contributed by atoms with Gasteiger partial charge in [-0.15, -0.1) is 0 Å². The molecule has 0 saturated heterocycles. The van der Waals surface area contributed by atoms with Crippen molar-refractivity contribution in [3.05, 3.63) is 17.0 Å². The van der Waals surface area contributed by atoms with Crippen LogP contribution < -0.4 is 0 Å². The quantitative estimate of drug-likeness (QED) is 0.707. The van der Waals surface area contributed by atoms with Crippen LogP contribution in [-0.2, 0) is 24.7 Å². The van der Waals surface area contributed by atoms with Crippen LogP contribution in [0.5, 0.6) is 0 Å². The first-order valence-corrected chi connectivity index (χ1v) is 10.4. The van der Waals surface area contributed by atoms with Crippen molar-refractivity contribution in [1.29, 1.82) is 0 Å². The number of fused-ring (bicyclic) bond motifs is 6. The van der Waals surface area contributed by atoms with E-state index < -0.39 is 0 Å². The lowest BCUT2D eigenvalue weighted by molar-refractivity contribution is -0.136. The molecular formula is C22H32N2O. The summed E-state index contributed by atoms with van der Waals surface area (Å²) >= 11 is 0. The number of hydrogen-bond donors (Lipinski definition) is 0. The summed E-state index contributed by atoms with van der Waals surface area (Å²) in [5.41, 5.74) is 4.70. The van der Waals surface area contributed by atoms with E-state index in [1.165, 1.54) is 49.1 Å². The predicted octanol–water partition coefficient (Wildman–Crippen LogP) is 4.26. The fourth-order valence-electron chi connectivity index (χ4n) is 7.65. The Morgan fingerprint density at radius 2 is 1.92 bits per heavy atom. The summed E-state index contributed by atoms with van der Waals surface area (Å²) in [6.07, 6.45) is 9.49. The third-order valence-electron chi connectivity index (χ3n) is 9.31. The van der Waals surface area contributed by atoms with Gasteiger partial charge in [0.2, 0.25) is 0 Å². The molecule has 3 nitrogen and oxygen atoms in total. The molecule has 0 amide bonds. The summed E-state index contributed by atoms with van der Waals surface area (Å²) in [5, 5.41) is 4.82. The molecule has 0 aliphatic heterocycles. The van der Waals surface area contributed by atoms with E-state index in [9.17, 15) is 4.79 Å². The van der Waals surface area contributed by atoms with Gasteiger partial charge in [0, 0.05) is 24.6 Å². The summed E-state index contributed by atoms with van der Waals surface area (Å²) in [6, 6.07) is 0. The number of Topliss-reactive ketones (excluding diaryl/α,β-unsaturated/α-hetero) is 1. The molecule has 1 heterocycles. The second kappa shape index (κ2) is 4.98. The highest BCUT2D eigenvalue weighted by Crippen LogP contribution is 2.64. The van der Waals surface area contributed by atoms with Crippen LogP contribution in [0.15, 0.2) is 0 Å². The van der Waals surface area contributed by atoms with E-state index in [-0.39, 0.29) is 5.41 Å². The van der Waals surface area contributed by atoms with Gasteiger partial charge < -0.3 is 0 Å². The second-order valence-corrected chi connectivity index (χ2v) is 10.1. The molecule has 0 bridgehead atoms. The third kappa shape index (κ3) is 1.93. The molecule has 4 aliphatic carbocycles. The van der Waals surface area contributed by atoms with E-state index in [1.807, 2.05) is 0 Å². The van der Waals surface area contributed by atoms with Crippen LogP contribution in [-0.4, -0.2) is 15.6 Å². The van der Waals surface area contributed by atoms with E-state index in [4.69, 9.17) is 5.10 Å². The standard InChI is InChI=1S/C22H32N2O/c1-13-16-12-22(3)14(11-19(16)23-24(13)4)5-6-15-17-7-8-20(25)21(17,2)10-9-18(15)22/h14-15,17-18H,5-12H2,1-4H3/t14-,15-,17-,18-,21-,22-/m0/s1. The van der Waals surface area contributed by atoms with Gasteiger partial charge in [-0.1, -0.05) is 13.8 Å². The Bertz CT molecular complexity index is 749. The molecule has 1 aromatic heterocycles. The molecule has 0 N–H and O–H groups in total. The van der Waals surface area contributed by atoms with Gasteiger partial charge >= 0.3 is 0 Å². The van der Waals surface area contributed by atoms with Gasteiger partial charge in [-0.05, 0) is 86.5 Å². The highest BCUT2D eigenvalue weighted by molar-refractivity contribution is 5.87. The van der Waals surface area contributed by atoms with Crippen LogP contribution in [0.25, 0.3) is 0 Å². The number of nitrogens with zero attached hydrogens (tertiary/aromatic N) is 2. The summed E-state index contributed by atoms with van der Waals surface area (Å²) in [4.78, 5) is 12.6. The van der Waals surface area contributed by atoms with Crippen molar-refractivity contribution in [1.82, 2.24) is 9.78 Å². The number of hydrogen-bond acceptors (Lipinski definition) is 2. The largest absolute Gasteiger partial charge is 0.299 e. The smallest absolute Gasteiger partial charge is 0.139 e. The van der Waals surface area contributed by atoms with E-state index >= 15 is 0 Å². The molecule has 3 fully saturated rings. The minimum Gasteiger partial charge on any atom is -0.299 e. The van der Waals surface area contributed by atoms with Crippen LogP contribution in [0.4, 0.5) is 0 Å². The molecule has 5 rings (SSSR count). The van der Waals surface area contributed by atoms with Gasteiger partial charge in [-0.25, -0.2) is 0 Å². The lowest BCUT2D eigenvalue weighted by atomic mass is 9.45. The van der Waals surface area contributed by atoms with E-state index in [0.29, 0.717) is 17.1 Å². The number of carbonyl (C=O) groups is 1. The third-order valence-corrected chi connectivity index (χ3v) is 9.31. The molecule has 3 saturated carbocycles. The summed E-state index contributed by atoms with van der Waals surface area (Å²) in [6.45, 7) is 7.12. The maximum Gasteiger partial charge on any atom is 0.139 e. The number of ketones is 1. The van der Waals surface area contributed by atoms with Crippen molar-refractivity contribution in [2.75, 3.05) is 0 Å². The van der Waals surface area contributed by atoms with Crippen molar-refractivity contribution < 1.29 is 4.79 Å². The topological polar surface area (TPSA) is 34.9 Å². The fraction of sp³-hybridized carbons (Fsp3) is 0.818. The van der Waals surface area contributed by atoms with Crippen molar-refractivity contribution in [2.45, 2.75) is 72.1 Å². The highest BCUT2D eigenvalue weighted by Gasteiger charge is 2.60.